The van der Waals surface area contributed by atoms with Crippen molar-refractivity contribution in [2.45, 2.75) is 127 Å². The minimum Gasteiger partial charge on any atom is -0.508 e. The fourth-order valence-electron chi connectivity index (χ4n) is 5.84. The number of aliphatic imine (C=N–C) groups is 1. The summed E-state index contributed by atoms with van der Waals surface area (Å²) in [5, 5.41) is 51.8. The second kappa shape index (κ2) is 27.8. The number of carboxylic acid groups (broad SMARTS) is 3. The molecular formula is C39H61N11O14. The summed E-state index contributed by atoms with van der Waals surface area (Å²) in [5.41, 5.74) is 22.6. The number of nitrogens with one attached hydrogen (secondary N) is 6. The van der Waals surface area contributed by atoms with Gasteiger partial charge in [-0.05, 0) is 75.5 Å². The second-order valence-electron chi connectivity index (χ2n) is 15.3. The molecule has 64 heavy (non-hydrogen) atoms. The fourth-order valence-corrected chi connectivity index (χ4v) is 5.84. The standard InChI is InChI=1S/C39H61N11O14/c1-19(2)17-28(50-36(61)25(10-13-29(41)52)46-32(57)20(3)45-33(58)23(40)18-21-6-8-22(51)9-7-21)37(62)48-26(11-14-30(53)54)35(60)47-24(5-4-16-44-39(42)43)34(59)49-27(38(63)64)12-15-31(55)56/h6-9,19-20,23-28,51H,4-5,10-18,40H2,1-3H3,(H2,41,52)(H,45,58)(H,46,57)(H,47,60)(H,48,62)(H,49,59)(H,50,61)(H,53,54)(H,55,56)(H,63,64)(H4,42,43,44)/t20-,23-,24-,25-,26-,27-,28-/m0/s1. The van der Waals surface area contributed by atoms with Gasteiger partial charge in [0.1, 0.15) is 42.0 Å². The topological polar surface area (TPSA) is 440 Å². The third-order valence-electron chi connectivity index (χ3n) is 9.25. The number of primary amides is 1. The van der Waals surface area contributed by atoms with Crippen LogP contribution >= 0.6 is 0 Å². The number of carbonyl (C=O) groups excluding carboxylic acids is 7. The minimum atomic E-state index is -1.68. The number of hydrogen-bond acceptors (Lipinski definition) is 13. The number of carbonyl (C=O) groups is 10. The number of nitrogens with zero attached hydrogens (tertiary/aromatic N) is 1. The second-order valence-corrected chi connectivity index (χ2v) is 15.3. The molecule has 0 unspecified atom stereocenters. The Kier molecular flexibility index (Phi) is 23.9. The van der Waals surface area contributed by atoms with Gasteiger partial charge >= 0.3 is 17.9 Å². The van der Waals surface area contributed by atoms with Gasteiger partial charge in [0.2, 0.25) is 41.4 Å². The van der Waals surface area contributed by atoms with Crippen LogP contribution in [0.1, 0.15) is 84.1 Å². The van der Waals surface area contributed by atoms with E-state index in [0.717, 1.165) is 0 Å². The number of phenolic OH excluding ortho intramolecular Hbond substituents is 1. The largest absolute Gasteiger partial charge is 0.508 e. The first kappa shape index (κ1) is 55.0. The van der Waals surface area contributed by atoms with Gasteiger partial charge in [0.25, 0.3) is 0 Å². The van der Waals surface area contributed by atoms with Crippen molar-refractivity contribution in [3.8, 4) is 5.75 Å². The van der Waals surface area contributed by atoms with Crippen molar-refractivity contribution in [3.05, 3.63) is 29.8 Å². The number of guanidine groups is 1. The van der Waals surface area contributed by atoms with E-state index in [2.05, 4.69) is 36.9 Å². The van der Waals surface area contributed by atoms with E-state index < -0.39 is 134 Å². The Morgan fingerprint density at radius 1 is 0.578 bits per heavy atom. The van der Waals surface area contributed by atoms with E-state index in [9.17, 15) is 63.3 Å². The lowest BCUT2D eigenvalue weighted by Gasteiger charge is -2.28. The summed E-state index contributed by atoms with van der Waals surface area (Å²) >= 11 is 0. The molecule has 1 aromatic rings. The molecule has 0 aliphatic rings. The first-order chi connectivity index (χ1) is 29.9. The predicted octanol–water partition coefficient (Wildman–Crippen LogP) is -3.63. The van der Waals surface area contributed by atoms with E-state index in [0.29, 0.717) is 5.56 Å². The number of amides is 7. The molecule has 356 valence electrons. The van der Waals surface area contributed by atoms with Crippen molar-refractivity contribution in [1.82, 2.24) is 31.9 Å². The highest BCUT2D eigenvalue weighted by Crippen LogP contribution is 2.12. The molecule has 0 aromatic heterocycles. The summed E-state index contributed by atoms with van der Waals surface area (Å²) in [6, 6.07) is -4.24. The molecule has 0 aliphatic heterocycles. The molecule has 1 aromatic carbocycles. The van der Waals surface area contributed by atoms with Gasteiger partial charge in [-0.15, -0.1) is 0 Å². The SMILES string of the molecule is CC(C)C[C@H](NC(=O)[C@H](CCC(N)=O)NC(=O)[C@H](C)NC(=O)[C@@H](N)Cc1ccc(O)cc1)C(=O)N[C@@H](CCC(=O)O)C(=O)N[C@@H](CCCN=C(N)N)C(=O)N[C@@H](CCC(=O)O)C(=O)O. The van der Waals surface area contributed by atoms with Gasteiger partial charge in [0.05, 0.1) is 6.04 Å². The van der Waals surface area contributed by atoms with Gasteiger partial charge in [0.15, 0.2) is 5.96 Å². The molecule has 0 saturated carbocycles. The Hall–Kier alpha value is -7.05. The number of rotatable bonds is 30. The van der Waals surface area contributed by atoms with Crippen LogP contribution in [0.4, 0.5) is 0 Å². The van der Waals surface area contributed by atoms with E-state index >= 15 is 0 Å². The van der Waals surface area contributed by atoms with Gasteiger partial charge < -0.3 is 75.3 Å². The number of aromatic hydroxyl groups is 1. The number of nitrogens with two attached hydrogens (primary N) is 4. The van der Waals surface area contributed by atoms with Crippen LogP contribution in [0.15, 0.2) is 29.3 Å². The van der Waals surface area contributed by atoms with Crippen molar-refractivity contribution >= 4 is 65.2 Å². The molecule has 7 atom stereocenters. The van der Waals surface area contributed by atoms with Gasteiger partial charge in [0, 0.05) is 25.8 Å². The molecule has 0 radical (unpaired) electrons. The van der Waals surface area contributed by atoms with Crippen molar-refractivity contribution < 1.29 is 68.4 Å². The van der Waals surface area contributed by atoms with E-state index in [4.69, 9.17) is 28.0 Å². The van der Waals surface area contributed by atoms with Crippen molar-refractivity contribution in [2.24, 2.45) is 33.8 Å². The zero-order valence-corrected chi connectivity index (χ0v) is 35.8. The normalized spacial score (nSPS) is 14.1. The van der Waals surface area contributed by atoms with Crippen molar-refractivity contribution in [1.29, 1.82) is 0 Å². The maximum Gasteiger partial charge on any atom is 0.326 e. The van der Waals surface area contributed by atoms with Crippen LogP contribution < -0.4 is 54.8 Å². The lowest BCUT2D eigenvalue weighted by Crippen LogP contribution is -2.59. The van der Waals surface area contributed by atoms with Gasteiger partial charge in [-0.2, -0.15) is 0 Å². The number of aliphatic carboxylic acids is 3. The van der Waals surface area contributed by atoms with Crippen LogP contribution in [0.3, 0.4) is 0 Å². The minimum absolute atomic E-state index is 0.00949. The number of phenols is 1. The Morgan fingerprint density at radius 2 is 1.02 bits per heavy atom. The predicted molar refractivity (Wildman–Crippen MR) is 226 cm³/mol. The Labute approximate surface area is 368 Å². The highest BCUT2D eigenvalue weighted by molar-refractivity contribution is 5.97. The molecule has 0 saturated heterocycles. The van der Waals surface area contributed by atoms with Crippen LogP contribution in [0.5, 0.6) is 5.75 Å². The molecule has 25 heteroatoms. The fraction of sp³-hybridized carbons (Fsp3) is 0.564. The quantitative estimate of drug-likeness (QED) is 0.0201. The molecule has 7 amide bonds. The van der Waals surface area contributed by atoms with Crippen molar-refractivity contribution in [2.75, 3.05) is 6.54 Å². The molecule has 0 heterocycles. The third kappa shape index (κ3) is 22.2. The lowest BCUT2D eigenvalue weighted by molar-refractivity contribution is -0.143. The zero-order valence-electron chi connectivity index (χ0n) is 35.8. The molecule has 18 N–H and O–H groups in total. The Morgan fingerprint density at radius 3 is 1.48 bits per heavy atom. The van der Waals surface area contributed by atoms with Crippen LogP contribution in [0, 0.1) is 5.92 Å². The van der Waals surface area contributed by atoms with Crippen LogP contribution in [-0.2, 0) is 54.4 Å². The van der Waals surface area contributed by atoms with E-state index in [1.54, 1.807) is 26.0 Å². The molecule has 0 fully saturated rings. The molecule has 25 nitrogen and oxygen atoms in total. The van der Waals surface area contributed by atoms with E-state index in [1.807, 2.05) is 0 Å². The summed E-state index contributed by atoms with van der Waals surface area (Å²) in [7, 11) is 0. The third-order valence-corrected chi connectivity index (χ3v) is 9.25. The molecule has 0 bridgehead atoms. The lowest BCUT2D eigenvalue weighted by atomic mass is 10.0. The Bertz CT molecular complexity index is 1840. The van der Waals surface area contributed by atoms with Gasteiger partial charge in [-0.1, -0.05) is 26.0 Å². The van der Waals surface area contributed by atoms with Crippen LogP contribution in [-0.4, -0.2) is 134 Å². The summed E-state index contributed by atoms with van der Waals surface area (Å²) in [4.78, 5) is 131. The summed E-state index contributed by atoms with van der Waals surface area (Å²) < 4.78 is 0. The van der Waals surface area contributed by atoms with Crippen LogP contribution in [0.2, 0.25) is 0 Å². The monoisotopic (exact) mass is 907 g/mol. The first-order valence-corrected chi connectivity index (χ1v) is 20.3. The van der Waals surface area contributed by atoms with Gasteiger partial charge in [-0.3, -0.25) is 48.1 Å². The average Bonchev–Trinajstić information content (AvgIpc) is 3.20. The Balaban J connectivity index is 3.32. The maximum absolute atomic E-state index is 13.9. The number of carboxylic acids is 3. The van der Waals surface area contributed by atoms with Gasteiger partial charge in [-0.25, -0.2) is 4.79 Å². The smallest absolute Gasteiger partial charge is 0.326 e. The average molecular weight is 908 g/mol. The summed E-state index contributed by atoms with van der Waals surface area (Å²) in [5.74, 6) is -11.4. The van der Waals surface area contributed by atoms with E-state index in [1.165, 1.54) is 19.1 Å². The zero-order chi connectivity index (χ0) is 48.7. The van der Waals surface area contributed by atoms with Crippen LogP contribution in [0.25, 0.3) is 0 Å². The highest BCUT2D eigenvalue weighted by Gasteiger charge is 2.34. The number of hydrogen-bond donors (Lipinski definition) is 14. The molecule has 0 spiro atoms. The molecule has 1 rings (SSSR count). The van der Waals surface area contributed by atoms with E-state index in [-0.39, 0.29) is 56.3 Å². The van der Waals surface area contributed by atoms with Crippen molar-refractivity contribution in [3.63, 3.8) is 0 Å². The first-order valence-electron chi connectivity index (χ1n) is 20.3. The highest BCUT2D eigenvalue weighted by atomic mass is 16.4. The number of benzene rings is 1. The summed E-state index contributed by atoms with van der Waals surface area (Å²) in [6.45, 7) is 4.65. The summed E-state index contributed by atoms with van der Waals surface area (Å²) in [6.07, 6.45) is -3.26. The molecular weight excluding hydrogens is 846 g/mol. The maximum atomic E-state index is 13.9. The molecule has 0 aliphatic carbocycles.